The first kappa shape index (κ1) is 22.4. The van der Waals surface area contributed by atoms with Gasteiger partial charge in [0.25, 0.3) is 0 Å². The summed E-state index contributed by atoms with van der Waals surface area (Å²) in [6.07, 6.45) is 1.79. The zero-order valence-electron chi connectivity index (χ0n) is 19.3. The third-order valence-corrected chi connectivity index (χ3v) is 6.53. The van der Waals surface area contributed by atoms with Gasteiger partial charge in [-0.3, -0.25) is 9.69 Å². The number of piperazine rings is 1. The first-order chi connectivity index (χ1) is 15.5. The Morgan fingerprint density at radius 3 is 2.25 bits per heavy atom. The van der Waals surface area contributed by atoms with Crippen molar-refractivity contribution in [3.8, 4) is 11.5 Å². The molecule has 0 saturated carbocycles. The lowest BCUT2D eigenvalue weighted by atomic mass is 10.0. The van der Waals surface area contributed by atoms with Gasteiger partial charge in [-0.15, -0.1) is 0 Å². The SMILES string of the molecule is CCN1CCN(Cc2c(O)ccc3c2O/C(=C\c2ccc(N(CC)CC)cc2)C3=O)CC1. The molecule has 0 amide bonds. The molecule has 2 aromatic carbocycles. The number of rotatable bonds is 7. The summed E-state index contributed by atoms with van der Waals surface area (Å²) in [5, 5.41) is 10.5. The highest BCUT2D eigenvalue weighted by Crippen LogP contribution is 2.40. The van der Waals surface area contributed by atoms with Gasteiger partial charge in [0.2, 0.25) is 5.78 Å². The zero-order valence-corrected chi connectivity index (χ0v) is 19.3. The van der Waals surface area contributed by atoms with Gasteiger partial charge in [0.05, 0.1) is 11.1 Å². The Bertz CT molecular complexity index is 988. The second-order valence-corrected chi connectivity index (χ2v) is 8.35. The fourth-order valence-corrected chi connectivity index (χ4v) is 4.46. The molecular weight excluding hydrogens is 402 g/mol. The van der Waals surface area contributed by atoms with E-state index in [0.29, 0.717) is 29.2 Å². The summed E-state index contributed by atoms with van der Waals surface area (Å²) in [6, 6.07) is 11.4. The number of fused-ring (bicyclic) bond motifs is 1. The lowest BCUT2D eigenvalue weighted by molar-refractivity contribution is 0.101. The molecule has 0 atom stereocenters. The predicted octanol–water partition coefficient (Wildman–Crippen LogP) is 3.99. The smallest absolute Gasteiger partial charge is 0.231 e. The highest BCUT2D eigenvalue weighted by Gasteiger charge is 2.32. The molecule has 0 aliphatic carbocycles. The normalized spacial score (nSPS) is 18.1. The van der Waals surface area contributed by atoms with Crippen LogP contribution in [0.25, 0.3) is 6.08 Å². The molecule has 170 valence electrons. The molecule has 1 saturated heterocycles. The second kappa shape index (κ2) is 9.76. The van der Waals surface area contributed by atoms with E-state index in [4.69, 9.17) is 4.74 Å². The fraction of sp³-hybridized carbons (Fsp3) is 0.423. The van der Waals surface area contributed by atoms with Crippen LogP contribution in [0.4, 0.5) is 5.69 Å². The van der Waals surface area contributed by atoms with Gasteiger partial charge < -0.3 is 19.6 Å². The summed E-state index contributed by atoms with van der Waals surface area (Å²) in [6.45, 7) is 13.9. The van der Waals surface area contributed by atoms with Crippen molar-refractivity contribution in [2.75, 3.05) is 50.7 Å². The van der Waals surface area contributed by atoms with Crippen molar-refractivity contribution in [1.29, 1.82) is 0 Å². The van der Waals surface area contributed by atoms with E-state index in [0.717, 1.165) is 57.1 Å². The minimum Gasteiger partial charge on any atom is -0.507 e. The molecule has 6 nitrogen and oxygen atoms in total. The van der Waals surface area contributed by atoms with E-state index in [2.05, 4.69) is 47.6 Å². The number of carbonyl (C=O) groups is 1. The van der Waals surface area contributed by atoms with Gasteiger partial charge in [-0.2, -0.15) is 0 Å². The molecule has 0 unspecified atom stereocenters. The van der Waals surface area contributed by atoms with Crippen molar-refractivity contribution in [2.45, 2.75) is 27.3 Å². The van der Waals surface area contributed by atoms with Crippen LogP contribution >= 0.6 is 0 Å². The van der Waals surface area contributed by atoms with Gasteiger partial charge in [-0.1, -0.05) is 19.1 Å². The van der Waals surface area contributed by atoms with E-state index < -0.39 is 0 Å². The van der Waals surface area contributed by atoms with Crippen molar-refractivity contribution in [1.82, 2.24) is 9.80 Å². The summed E-state index contributed by atoms with van der Waals surface area (Å²) in [5.74, 6) is 0.848. The van der Waals surface area contributed by atoms with Gasteiger partial charge in [0, 0.05) is 51.5 Å². The maximum absolute atomic E-state index is 13.0. The molecular formula is C26H33N3O3. The van der Waals surface area contributed by atoms with E-state index in [1.807, 2.05) is 12.1 Å². The van der Waals surface area contributed by atoms with Crippen molar-refractivity contribution >= 4 is 17.5 Å². The number of ketones is 1. The number of anilines is 1. The molecule has 6 heteroatoms. The van der Waals surface area contributed by atoms with Crippen LogP contribution in [0.2, 0.25) is 0 Å². The summed E-state index contributed by atoms with van der Waals surface area (Å²) >= 11 is 0. The second-order valence-electron chi connectivity index (χ2n) is 8.35. The van der Waals surface area contributed by atoms with Crippen LogP contribution in [0.3, 0.4) is 0 Å². The maximum Gasteiger partial charge on any atom is 0.231 e. The number of benzene rings is 2. The third kappa shape index (κ3) is 4.52. The van der Waals surface area contributed by atoms with Crippen molar-refractivity contribution < 1.29 is 14.6 Å². The molecule has 2 heterocycles. The van der Waals surface area contributed by atoms with Crippen LogP contribution in [0.15, 0.2) is 42.2 Å². The number of allylic oxidation sites excluding steroid dienone is 1. The number of ether oxygens (including phenoxy) is 1. The molecule has 2 aliphatic heterocycles. The van der Waals surface area contributed by atoms with E-state index in [9.17, 15) is 9.90 Å². The Morgan fingerprint density at radius 2 is 1.62 bits per heavy atom. The number of phenolic OH excluding ortho intramolecular Hbond substituents is 1. The average Bonchev–Trinajstić information content (AvgIpc) is 3.13. The summed E-state index contributed by atoms with van der Waals surface area (Å²) < 4.78 is 6.04. The molecule has 1 fully saturated rings. The number of Topliss-reactive ketones (excluding diaryl/α,β-unsaturated/α-hetero) is 1. The number of carbonyl (C=O) groups excluding carboxylic acids is 1. The minimum atomic E-state index is -0.134. The number of hydrogen-bond donors (Lipinski definition) is 1. The molecule has 0 bridgehead atoms. The Morgan fingerprint density at radius 1 is 0.969 bits per heavy atom. The van der Waals surface area contributed by atoms with Gasteiger partial charge >= 0.3 is 0 Å². The minimum absolute atomic E-state index is 0.134. The van der Waals surface area contributed by atoms with Crippen molar-refractivity contribution in [3.63, 3.8) is 0 Å². The monoisotopic (exact) mass is 435 g/mol. The molecule has 2 aliphatic rings. The summed E-state index contributed by atoms with van der Waals surface area (Å²) in [5.41, 5.74) is 3.30. The molecule has 0 radical (unpaired) electrons. The number of aromatic hydroxyl groups is 1. The van der Waals surface area contributed by atoms with Crippen LogP contribution in [0.1, 0.15) is 42.3 Å². The predicted molar refractivity (Wildman–Crippen MR) is 128 cm³/mol. The Balaban J connectivity index is 1.54. The standard InChI is InChI=1S/C26H33N3O3/c1-4-27-13-15-28(16-14-27)18-22-23(30)12-11-21-25(31)24(32-26(21)22)17-19-7-9-20(10-8-19)29(5-2)6-3/h7-12,17,30H,4-6,13-16,18H2,1-3H3/b24-17-. The van der Waals surface area contributed by atoms with Crippen LogP contribution in [0, 0.1) is 0 Å². The average molecular weight is 436 g/mol. The van der Waals surface area contributed by atoms with Crippen LogP contribution in [-0.2, 0) is 6.54 Å². The Hall–Kier alpha value is -2.83. The molecule has 0 spiro atoms. The van der Waals surface area contributed by atoms with E-state index in [1.54, 1.807) is 18.2 Å². The molecule has 1 N–H and O–H groups in total. The highest BCUT2D eigenvalue weighted by atomic mass is 16.5. The van der Waals surface area contributed by atoms with Gasteiger partial charge in [-0.05, 0) is 56.3 Å². The van der Waals surface area contributed by atoms with Gasteiger partial charge in [0.15, 0.2) is 5.76 Å². The number of hydrogen-bond acceptors (Lipinski definition) is 6. The van der Waals surface area contributed by atoms with Crippen LogP contribution in [0.5, 0.6) is 11.5 Å². The van der Waals surface area contributed by atoms with Crippen molar-refractivity contribution in [3.05, 3.63) is 58.8 Å². The molecule has 4 rings (SSSR count). The first-order valence-corrected chi connectivity index (χ1v) is 11.6. The van der Waals surface area contributed by atoms with Crippen molar-refractivity contribution in [2.24, 2.45) is 0 Å². The highest BCUT2D eigenvalue weighted by molar-refractivity contribution is 6.15. The van der Waals surface area contributed by atoms with E-state index in [1.165, 1.54) is 0 Å². The van der Waals surface area contributed by atoms with Crippen LogP contribution < -0.4 is 9.64 Å². The largest absolute Gasteiger partial charge is 0.507 e. The van der Waals surface area contributed by atoms with E-state index >= 15 is 0 Å². The molecule has 0 aromatic heterocycles. The van der Waals surface area contributed by atoms with Gasteiger partial charge in [0.1, 0.15) is 11.5 Å². The topological polar surface area (TPSA) is 56.2 Å². The molecule has 2 aromatic rings. The summed E-state index contributed by atoms with van der Waals surface area (Å²) in [4.78, 5) is 20.0. The number of nitrogens with zero attached hydrogens (tertiary/aromatic N) is 3. The van der Waals surface area contributed by atoms with Gasteiger partial charge in [-0.25, -0.2) is 0 Å². The lowest BCUT2D eigenvalue weighted by Gasteiger charge is -2.34. The van der Waals surface area contributed by atoms with E-state index in [-0.39, 0.29) is 11.5 Å². The fourth-order valence-electron chi connectivity index (χ4n) is 4.46. The number of phenols is 1. The maximum atomic E-state index is 13.0. The molecule has 32 heavy (non-hydrogen) atoms. The lowest BCUT2D eigenvalue weighted by Crippen LogP contribution is -2.45. The Labute approximate surface area is 190 Å². The third-order valence-electron chi connectivity index (χ3n) is 6.53. The number of likely N-dealkylation sites (N-methyl/N-ethyl adjacent to an activating group) is 1. The summed E-state index contributed by atoms with van der Waals surface area (Å²) in [7, 11) is 0. The van der Waals surface area contributed by atoms with Crippen LogP contribution in [-0.4, -0.2) is 66.5 Å². The zero-order chi connectivity index (χ0) is 22.7. The Kier molecular flexibility index (Phi) is 6.82. The quantitative estimate of drug-likeness (QED) is 0.664. The first-order valence-electron chi connectivity index (χ1n) is 11.6.